The lowest BCUT2D eigenvalue weighted by atomic mass is 9.78. The van der Waals surface area contributed by atoms with Crippen LogP contribution in [0.3, 0.4) is 0 Å². The van der Waals surface area contributed by atoms with Crippen LogP contribution < -0.4 is 4.74 Å². The Morgan fingerprint density at radius 1 is 1.04 bits per heavy atom. The van der Waals surface area contributed by atoms with Crippen molar-refractivity contribution in [2.24, 2.45) is 5.92 Å². The number of carbonyl (C=O) groups excluding carboxylic acids is 1. The fourth-order valence-electron chi connectivity index (χ4n) is 3.69. The van der Waals surface area contributed by atoms with Gasteiger partial charge in [0.15, 0.2) is 0 Å². The predicted octanol–water partition coefficient (Wildman–Crippen LogP) is 5.12. The number of esters is 1. The van der Waals surface area contributed by atoms with E-state index in [9.17, 15) is 4.79 Å². The maximum absolute atomic E-state index is 11.0. The molecule has 3 nitrogen and oxygen atoms in total. The second kappa shape index (κ2) is 7.25. The van der Waals surface area contributed by atoms with Gasteiger partial charge in [-0.05, 0) is 49.5 Å². The second-order valence-electron chi connectivity index (χ2n) is 7.02. The minimum Gasteiger partial charge on any atom is -0.496 e. The minimum atomic E-state index is -0.0242. The zero-order chi connectivity index (χ0) is 17.0. The first-order valence-corrected chi connectivity index (χ1v) is 8.85. The highest BCUT2D eigenvalue weighted by Crippen LogP contribution is 2.41. The van der Waals surface area contributed by atoms with Gasteiger partial charge in [-0.1, -0.05) is 43.3 Å². The average molecular weight is 326 g/mol. The van der Waals surface area contributed by atoms with Crippen molar-refractivity contribution in [2.75, 3.05) is 7.11 Å². The normalized spacial score (nSPS) is 25.9. The lowest BCUT2D eigenvalue weighted by molar-refractivity contribution is -0.151. The smallest absolute Gasteiger partial charge is 0.306 e. The highest BCUT2D eigenvalue weighted by Gasteiger charge is 2.42. The van der Waals surface area contributed by atoms with Crippen molar-refractivity contribution in [1.82, 2.24) is 0 Å². The molecule has 1 aliphatic heterocycles. The number of methoxy groups -OCH3 is 1. The molecule has 0 amide bonds. The first-order chi connectivity index (χ1) is 11.6. The summed E-state index contributed by atoms with van der Waals surface area (Å²) in [6.07, 6.45) is 6.27. The van der Waals surface area contributed by atoms with Crippen LogP contribution in [-0.2, 0) is 9.53 Å². The largest absolute Gasteiger partial charge is 0.496 e. The third-order valence-electron chi connectivity index (χ3n) is 5.27. The maximum atomic E-state index is 11.0. The lowest BCUT2D eigenvalue weighted by Gasteiger charge is -2.34. The van der Waals surface area contributed by atoms with E-state index in [0.29, 0.717) is 6.42 Å². The molecular weight excluding hydrogens is 300 g/mol. The predicted molar refractivity (Wildman–Crippen MR) is 96.2 cm³/mol. The molecule has 2 fully saturated rings. The molecule has 1 saturated carbocycles. The molecule has 0 atom stereocenters. The van der Waals surface area contributed by atoms with Gasteiger partial charge in [0.2, 0.25) is 0 Å². The van der Waals surface area contributed by atoms with Gasteiger partial charge in [-0.25, -0.2) is 0 Å². The van der Waals surface area contributed by atoms with Crippen molar-refractivity contribution in [3.05, 3.63) is 42.5 Å². The van der Waals surface area contributed by atoms with Crippen LogP contribution in [0.15, 0.2) is 42.5 Å². The minimum absolute atomic E-state index is 0.0181. The summed E-state index contributed by atoms with van der Waals surface area (Å²) in [4.78, 5) is 11.0. The van der Waals surface area contributed by atoms with Crippen molar-refractivity contribution < 1.29 is 14.3 Å². The zero-order valence-electron chi connectivity index (χ0n) is 14.6. The molecule has 0 bridgehead atoms. The summed E-state index contributed by atoms with van der Waals surface area (Å²) >= 11 is 0. The average Bonchev–Trinajstić information content (AvgIpc) is 2.98. The summed E-state index contributed by atoms with van der Waals surface area (Å²) in [7, 11) is 1.70. The molecule has 3 heteroatoms. The van der Waals surface area contributed by atoms with Gasteiger partial charge in [0.05, 0.1) is 7.11 Å². The fraction of sp³-hybridized carbons (Fsp3) is 0.476. The second-order valence-corrected chi connectivity index (χ2v) is 7.02. The van der Waals surface area contributed by atoms with E-state index in [1.807, 2.05) is 24.3 Å². The van der Waals surface area contributed by atoms with Crippen LogP contribution in [0.1, 0.15) is 45.4 Å². The van der Waals surface area contributed by atoms with Crippen LogP contribution in [0.2, 0.25) is 0 Å². The molecule has 1 spiro atoms. The Kier molecular flexibility index (Phi) is 5.08. The van der Waals surface area contributed by atoms with Crippen LogP contribution in [0.5, 0.6) is 5.75 Å². The van der Waals surface area contributed by atoms with Crippen molar-refractivity contribution in [1.29, 1.82) is 0 Å². The van der Waals surface area contributed by atoms with Crippen LogP contribution in [0, 0.1) is 5.92 Å². The molecule has 1 saturated heterocycles. The quantitative estimate of drug-likeness (QED) is 0.682. The van der Waals surface area contributed by atoms with Crippen molar-refractivity contribution in [3.63, 3.8) is 0 Å². The summed E-state index contributed by atoms with van der Waals surface area (Å²) in [6.45, 7) is 2.28. The maximum Gasteiger partial charge on any atom is 0.306 e. The molecule has 4 rings (SSSR count). The summed E-state index contributed by atoms with van der Waals surface area (Å²) in [5, 5.41) is 2.39. The standard InChI is InChI=1S/C11H10O.C10H16O2/c1-12-11-8-4-6-9-5-2-3-7-10(9)11;1-8-2-5-10(6-3-8)7-4-9(11)12-10/h2-8H,1H3;8H,2-7H2,1H3. The van der Waals surface area contributed by atoms with Crippen molar-refractivity contribution in [3.8, 4) is 5.75 Å². The van der Waals surface area contributed by atoms with E-state index in [-0.39, 0.29) is 11.6 Å². The summed E-state index contributed by atoms with van der Waals surface area (Å²) < 4.78 is 10.6. The molecule has 2 aromatic rings. The van der Waals surface area contributed by atoms with Crippen molar-refractivity contribution >= 4 is 16.7 Å². The van der Waals surface area contributed by atoms with Gasteiger partial charge in [0, 0.05) is 11.8 Å². The third kappa shape index (κ3) is 3.72. The molecule has 0 aromatic heterocycles. The van der Waals surface area contributed by atoms with Gasteiger partial charge in [-0.3, -0.25) is 4.79 Å². The van der Waals surface area contributed by atoms with E-state index in [1.54, 1.807) is 7.11 Å². The molecule has 0 unspecified atom stereocenters. The highest BCUT2D eigenvalue weighted by molar-refractivity contribution is 5.88. The third-order valence-corrected chi connectivity index (χ3v) is 5.27. The number of hydrogen-bond acceptors (Lipinski definition) is 3. The van der Waals surface area contributed by atoms with Gasteiger partial charge in [0.1, 0.15) is 11.4 Å². The molecule has 1 heterocycles. The Hall–Kier alpha value is -2.03. The molecular formula is C21H26O3. The number of benzene rings is 2. The Bertz CT molecular complexity index is 694. The van der Waals surface area contributed by atoms with Gasteiger partial charge < -0.3 is 9.47 Å². The van der Waals surface area contributed by atoms with Crippen LogP contribution in [-0.4, -0.2) is 18.7 Å². The van der Waals surface area contributed by atoms with Gasteiger partial charge in [0.25, 0.3) is 0 Å². The van der Waals surface area contributed by atoms with Gasteiger partial charge >= 0.3 is 5.97 Å². The summed E-state index contributed by atoms with van der Waals surface area (Å²) in [5.41, 5.74) is -0.0242. The Morgan fingerprint density at radius 3 is 2.42 bits per heavy atom. The number of rotatable bonds is 1. The fourth-order valence-corrected chi connectivity index (χ4v) is 3.69. The number of hydrogen-bond donors (Lipinski definition) is 0. The van der Waals surface area contributed by atoms with Crippen LogP contribution in [0.25, 0.3) is 10.8 Å². The zero-order valence-corrected chi connectivity index (χ0v) is 14.6. The summed E-state index contributed by atoms with van der Waals surface area (Å²) in [5.74, 6) is 1.78. The van der Waals surface area contributed by atoms with E-state index < -0.39 is 0 Å². The van der Waals surface area contributed by atoms with Crippen molar-refractivity contribution in [2.45, 2.75) is 51.0 Å². The number of carbonyl (C=O) groups is 1. The monoisotopic (exact) mass is 326 g/mol. The molecule has 0 N–H and O–H groups in total. The van der Waals surface area contributed by atoms with E-state index >= 15 is 0 Å². The van der Waals surface area contributed by atoms with Crippen LogP contribution >= 0.6 is 0 Å². The number of ether oxygens (including phenoxy) is 2. The first-order valence-electron chi connectivity index (χ1n) is 8.85. The molecule has 1 aliphatic carbocycles. The Balaban J connectivity index is 0.000000141. The summed E-state index contributed by atoms with van der Waals surface area (Å²) in [6, 6.07) is 14.2. The molecule has 0 radical (unpaired) electrons. The number of fused-ring (bicyclic) bond motifs is 1. The highest BCUT2D eigenvalue weighted by atomic mass is 16.6. The van der Waals surface area contributed by atoms with E-state index in [1.165, 1.54) is 23.6 Å². The Morgan fingerprint density at radius 2 is 1.75 bits per heavy atom. The SMILES string of the molecule is CC1CCC2(CCC(=O)O2)CC1.COc1cccc2ccccc12. The molecule has 2 aromatic carbocycles. The molecule has 2 aliphatic rings. The molecule has 128 valence electrons. The van der Waals surface area contributed by atoms with Gasteiger partial charge in [-0.2, -0.15) is 0 Å². The van der Waals surface area contributed by atoms with E-state index in [2.05, 4.69) is 25.1 Å². The molecule has 24 heavy (non-hydrogen) atoms. The van der Waals surface area contributed by atoms with Crippen LogP contribution in [0.4, 0.5) is 0 Å². The Labute approximate surface area is 144 Å². The lowest BCUT2D eigenvalue weighted by Crippen LogP contribution is -2.33. The van der Waals surface area contributed by atoms with E-state index in [4.69, 9.17) is 9.47 Å². The first kappa shape index (κ1) is 16.8. The topological polar surface area (TPSA) is 35.5 Å². The van der Waals surface area contributed by atoms with Gasteiger partial charge in [-0.15, -0.1) is 0 Å². The van der Waals surface area contributed by atoms with E-state index in [0.717, 1.165) is 30.9 Å².